The lowest BCUT2D eigenvalue weighted by atomic mass is 9.82. The molecule has 1 saturated heterocycles. The molecule has 2 unspecified atom stereocenters. The van der Waals surface area contributed by atoms with Gasteiger partial charge in [-0.05, 0) is 49.9 Å². The number of piperazine rings is 1. The lowest BCUT2D eigenvalue weighted by Crippen LogP contribution is -2.59. The molecule has 20 heavy (non-hydrogen) atoms. The van der Waals surface area contributed by atoms with Gasteiger partial charge in [0.05, 0.1) is 0 Å². The van der Waals surface area contributed by atoms with Crippen LogP contribution in [0.25, 0.3) is 0 Å². The molecule has 2 aliphatic carbocycles. The Labute approximate surface area is 125 Å². The topological polar surface area (TPSA) is 15.3 Å². The fraction of sp³-hybridized carbons (Fsp3) is 1.00. The largest absolute Gasteiger partial charge is 0.311 e. The minimum Gasteiger partial charge on any atom is -0.311 e. The Balaban J connectivity index is 1.59. The molecule has 2 heteroatoms. The average Bonchev–Trinajstić information content (AvgIpc) is 3.28. The van der Waals surface area contributed by atoms with Gasteiger partial charge in [-0.2, -0.15) is 0 Å². The third-order valence-electron chi connectivity index (χ3n) is 6.50. The molecule has 0 aromatic carbocycles. The summed E-state index contributed by atoms with van der Waals surface area (Å²) in [7, 11) is 0. The highest BCUT2D eigenvalue weighted by molar-refractivity contribution is 4.98. The van der Waals surface area contributed by atoms with Crippen molar-refractivity contribution < 1.29 is 0 Å². The molecular formula is C18H34N2. The highest BCUT2D eigenvalue weighted by Crippen LogP contribution is 2.49. The van der Waals surface area contributed by atoms with Crippen LogP contribution in [0.3, 0.4) is 0 Å². The Bertz CT molecular complexity index is 305. The molecule has 0 radical (unpaired) electrons. The first kappa shape index (κ1) is 14.8. The van der Waals surface area contributed by atoms with Gasteiger partial charge in [-0.25, -0.2) is 0 Å². The number of rotatable bonds is 5. The zero-order valence-electron chi connectivity index (χ0n) is 13.7. The van der Waals surface area contributed by atoms with Crippen molar-refractivity contribution in [2.24, 2.45) is 11.3 Å². The molecule has 116 valence electrons. The van der Waals surface area contributed by atoms with Crippen LogP contribution < -0.4 is 5.32 Å². The molecule has 0 aromatic heterocycles. The maximum absolute atomic E-state index is 3.90. The summed E-state index contributed by atoms with van der Waals surface area (Å²) in [6.45, 7) is 8.70. The molecule has 2 saturated carbocycles. The Morgan fingerprint density at radius 3 is 2.45 bits per heavy atom. The molecule has 0 bridgehead atoms. The summed E-state index contributed by atoms with van der Waals surface area (Å²) in [6, 6.07) is 1.57. The smallest absolute Gasteiger partial charge is 0.0224 e. The Hall–Kier alpha value is -0.0800. The highest BCUT2D eigenvalue weighted by Gasteiger charge is 2.44. The third kappa shape index (κ3) is 3.22. The van der Waals surface area contributed by atoms with Crippen LogP contribution in [0.4, 0.5) is 0 Å². The van der Waals surface area contributed by atoms with Crippen molar-refractivity contribution in [2.75, 3.05) is 19.6 Å². The first-order chi connectivity index (χ1) is 9.76. The second kappa shape index (κ2) is 6.36. The molecule has 3 rings (SSSR count). The van der Waals surface area contributed by atoms with Crippen molar-refractivity contribution in [1.29, 1.82) is 0 Å². The van der Waals surface area contributed by atoms with Crippen LogP contribution in [0.2, 0.25) is 0 Å². The molecule has 1 heterocycles. The lowest BCUT2D eigenvalue weighted by molar-refractivity contribution is 0.0737. The molecule has 0 amide bonds. The van der Waals surface area contributed by atoms with E-state index in [0.717, 1.165) is 18.0 Å². The van der Waals surface area contributed by atoms with E-state index in [1.54, 1.807) is 0 Å². The van der Waals surface area contributed by atoms with E-state index in [2.05, 4.69) is 24.1 Å². The first-order valence-corrected chi connectivity index (χ1v) is 9.24. The van der Waals surface area contributed by atoms with Gasteiger partial charge >= 0.3 is 0 Å². The predicted molar refractivity (Wildman–Crippen MR) is 86.0 cm³/mol. The number of nitrogens with one attached hydrogen (secondary N) is 1. The van der Waals surface area contributed by atoms with Crippen LogP contribution in [-0.2, 0) is 0 Å². The summed E-state index contributed by atoms with van der Waals surface area (Å²) >= 11 is 0. The number of hydrogen-bond donors (Lipinski definition) is 1. The Morgan fingerprint density at radius 1 is 1.10 bits per heavy atom. The molecule has 3 aliphatic rings. The summed E-state index contributed by atoms with van der Waals surface area (Å²) in [5, 5.41) is 3.90. The van der Waals surface area contributed by atoms with Crippen LogP contribution in [0.15, 0.2) is 0 Å². The van der Waals surface area contributed by atoms with Gasteiger partial charge in [0.25, 0.3) is 0 Å². The lowest BCUT2D eigenvalue weighted by Gasteiger charge is -2.45. The Morgan fingerprint density at radius 2 is 1.85 bits per heavy atom. The number of hydrogen-bond acceptors (Lipinski definition) is 2. The van der Waals surface area contributed by atoms with Crippen LogP contribution in [0.5, 0.6) is 0 Å². The summed E-state index contributed by atoms with van der Waals surface area (Å²) < 4.78 is 0. The normalized spacial score (nSPS) is 35.1. The third-order valence-corrected chi connectivity index (χ3v) is 6.50. The molecule has 2 atom stereocenters. The quantitative estimate of drug-likeness (QED) is 0.822. The van der Waals surface area contributed by atoms with E-state index in [4.69, 9.17) is 0 Å². The average molecular weight is 278 g/mol. The monoisotopic (exact) mass is 278 g/mol. The van der Waals surface area contributed by atoms with Crippen LogP contribution in [0, 0.1) is 11.3 Å². The van der Waals surface area contributed by atoms with Crippen molar-refractivity contribution in [3.63, 3.8) is 0 Å². The van der Waals surface area contributed by atoms with Gasteiger partial charge in [0.2, 0.25) is 0 Å². The van der Waals surface area contributed by atoms with Crippen LogP contribution in [-0.4, -0.2) is 36.6 Å². The van der Waals surface area contributed by atoms with Gasteiger partial charge in [-0.3, -0.25) is 4.90 Å². The van der Waals surface area contributed by atoms with E-state index in [0.29, 0.717) is 5.41 Å². The van der Waals surface area contributed by atoms with Gasteiger partial charge in [-0.15, -0.1) is 0 Å². The zero-order valence-corrected chi connectivity index (χ0v) is 13.7. The van der Waals surface area contributed by atoms with E-state index in [-0.39, 0.29) is 0 Å². The maximum atomic E-state index is 3.90. The van der Waals surface area contributed by atoms with E-state index < -0.39 is 0 Å². The van der Waals surface area contributed by atoms with Crippen molar-refractivity contribution in [3.8, 4) is 0 Å². The standard InChI is InChI=1S/C18H34N2/c1-3-16-12-19-17(15-8-6-5-7-9-15)13-20(16)14-18(4-2)10-11-18/h15-17,19H,3-14H2,1-2H3. The van der Waals surface area contributed by atoms with Crippen LogP contribution in [0.1, 0.15) is 71.6 Å². The van der Waals surface area contributed by atoms with Gasteiger partial charge < -0.3 is 5.32 Å². The van der Waals surface area contributed by atoms with Crippen molar-refractivity contribution in [3.05, 3.63) is 0 Å². The van der Waals surface area contributed by atoms with Crippen molar-refractivity contribution in [1.82, 2.24) is 10.2 Å². The SMILES string of the molecule is CCC1CNC(C2CCCCC2)CN1CC1(CC)CC1. The zero-order chi connectivity index (χ0) is 14.0. The fourth-order valence-electron chi connectivity index (χ4n) is 4.56. The summed E-state index contributed by atoms with van der Waals surface area (Å²) in [4.78, 5) is 2.87. The number of nitrogens with zero attached hydrogens (tertiary/aromatic N) is 1. The highest BCUT2D eigenvalue weighted by atomic mass is 15.2. The van der Waals surface area contributed by atoms with Crippen molar-refractivity contribution >= 4 is 0 Å². The molecule has 1 N–H and O–H groups in total. The van der Waals surface area contributed by atoms with E-state index in [1.807, 2.05) is 0 Å². The van der Waals surface area contributed by atoms with Crippen molar-refractivity contribution in [2.45, 2.75) is 83.7 Å². The second-order valence-electron chi connectivity index (χ2n) is 7.76. The molecule has 1 aliphatic heterocycles. The summed E-state index contributed by atoms with van der Waals surface area (Å²) in [5.41, 5.74) is 0.710. The fourth-order valence-corrected chi connectivity index (χ4v) is 4.56. The van der Waals surface area contributed by atoms with Gasteiger partial charge in [0.15, 0.2) is 0 Å². The Kier molecular flexibility index (Phi) is 4.72. The van der Waals surface area contributed by atoms with Gasteiger partial charge in [-0.1, -0.05) is 33.1 Å². The van der Waals surface area contributed by atoms with Gasteiger partial charge in [0.1, 0.15) is 0 Å². The first-order valence-electron chi connectivity index (χ1n) is 9.24. The molecule has 0 spiro atoms. The molecule has 0 aromatic rings. The maximum Gasteiger partial charge on any atom is 0.0224 e. The molecule has 2 nitrogen and oxygen atoms in total. The minimum absolute atomic E-state index is 0.710. The van der Waals surface area contributed by atoms with E-state index in [1.165, 1.54) is 77.4 Å². The predicted octanol–water partition coefficient (Wildman–Crippen LogP) is 3.81. The second-order valence-corrected chi connectivity index (χ2v) is 7.76. The molecule has 3 fully saturated rings. The van der Waals surface area contributed by atoms with E-state index in [9.17, 15) is 0 Å². The minimum atomic E-state index is 0.710. The van der Waals surface area contributed by atoms with E-state index >= 15 is 0 Å². The molecular weight excluding hydrogens is 244 g/mol. The van der Waals surface area contributed by atoms with Crippen LogP contribution >= 0.6 is 0 Å². The summed E-state index contributed by atoms with van der Waals surface area (Å²) in [6.07, 6.45) is 13.0. The van der Waals surface area contributed by atoms with Gasteiger partial charge in [0, 0.05) is 31.7 Å². The summed E-state index contributed by atoms with van der Waals surface area (Å²) in [5.74, 6) is 0.959.